The van der Waals surface area contributed by atoms with Crippen molar-refractivity contribution in [2.75, 3.05) is 19.8 Å². The average molecular weight is 332 g/mol. The molecule has 1 heterocycles. The maximum Gasteiger partial charge on any atom is 0.258 e. The number of ether oxygens (including phenoxy) is 2. The molecular weight excluding hydrogens is 312 g/mol. The molecule has 0 spiro atoms. The highest BCUT2D eigenvalue weighted by Crippen LogP contribution is 2.17. The van der Waals surface area contributed by atoms with E-state index in [9.17, 15) is 9.59 Å². The molecule has 0 atom stereocenters. The van der Waals surface area contributed by atoms with Gasteiger partial charge in [-0.25, -0.2) is 0 Å². The van der Waals surface area contributed by atoms with Crippen LogP contribution in [-0.4, -0.2) is 31.6 Å². The van der Waals surface area contributed by atoms with E-state index >= 15 is 0 Å². The molecule has 0 saturated carbocycles. The lowest BCUT2D eigenvalue weighted by Gasteiger charge is -2.08. The van der Waals surface area contributed by atoms with E-state index in [4.69, 9.17) is 13.9 Å². The van der Waals surface area contributed by atoms with Gasteiger partial charge in [0, 0.05) is 0 Å². The Hall–Kier alpha value is -2.96. The van der Waals surface area contributed by atoms with Crippen molar-refractivity contribution in [3.05, 3.63) is 48.4 Å². The second-order valence-electron chi connectivity index (χ2n) is 4.83. The molecule has 2 aromatic rings. The molecular formula is C17H20N2O5. The van der Waals surface area contributed by atoms with Crippen LogP contribution in [0.2, 0.25) is 0 Å². The van der Waals surface area contributed by atoms with Crippen LogP contribution in [0.4, 0.5) is 0 Å². The summed E-state index contributed by atoms with van der Waals surface area (Å²) in [6.07, 6.45) is 1.53. The molecule has 1 aromatic heterocycles. The van der Waals surface area contributed by atoms with Crippen LogP contribution in [0.5, 0.6) is 11.5 Å². The Labute approximate surface area is 139 Å². The molecule has 128 valence electrons. The molecule has 0 radical (unpaired) electrons. The third kappa shape index (κ3) is 6.04. The first kappa shape index (κ1) is 17.4. The van der Waals surface area contributed by atoms with Gasteiger partial charge in [0.05, 0.1) is 26.0 Å². The molecule has 0 aliphatic heterocycles. The maximum atomic E-state index is 11.7. The van der Waals surface area contributed by atoms with Crippen molar-refractivity contribution in [1.82, 2.24) is 10.6 Å². The van der Waals surface area contributed by atoms with Crippen molar-refractivity contribution in [3.8, 4) is 11.5 Å². The quantitative estimate of drug-likeness (QED) is 0.726. The van der Waals surface area contributed by atoms with Crippen molar-refractivity contribution in [3.63, 3.8) is 0 Å². The molecule has 0 unspecified atom stereocenters. The minimum Gasteiger partial charge on any atom is -0.494 e. The van der Waals surface area contributed by atoms with Crippen molar-refractivity contribution in [1.29, 1.82) is 0 Å². The molecule has 1 aromatic carbocycles. The lowest BCUT2D eigenvalue weighted by Crippen LogP contribution is -2.38. The van der Waals surface area contributed by atoms with Crippen LogP contribution in [0.3, 0.4) is 0 Å². The molecule has 2 amide bonds. The number of carbonyl (C=O) groups excluding carboxylic acids is 2. The number of rotatable bonds is 9. The largest absolute Gasteiger partial charge is 0.494 e. The molecule has 0 aliphatic carbocycles. The van der Waals surface area contributed by atoms with Crippen LogP contribution < -0.4 is 20.1 Å². The normalized spacial score (nSPS) is 10.0. The van der Waals surface area contributed by atoms with Crippen LogP contribution in [0.25, 0.3) is 0 Å². The van der Waals surface area contributed by atoms with E-state index in [1.165, 1.54) is 6.26 Å². The van der Waals surface area contributed by atoms with E-state index in [1.807, 2.05) is 6.92 Å². The van der Waals surface area contributed by atoms with Gasteiger partial charge in [0.1, 0.15) is 17.3 Å². The molecule has 7 heteroatoms. The zero-order valence-electron chi connectivity index (χ0n) is 13.4. The number of hydrogen-bond acceptors (Lipinski definition) is 5. The predicted octanol–water partition coefficient (Wildman–Crippen LogP) is 1.49. The molecule has 7 nitrogen and oxygen atoms in total. The molecule has 24 heavy (non-hydrogen) atoms. The predicted molar refractivity (Wildman–Crippen MR) is 86.7 cm³/mol. The summed E-state index contributed by atoms with van der Waals surface area (Å²) in [6.45, 7) is 2.49. The van der Waals surface area contributed by atoms with Crippen LogP contribution in [0.1, 0.15) is 12.7 Å². The Bertz CT molecular complexity index is 638. The summed E-state index contributed by atoms with van der Waals surface area (Å²) in [7, 11) is 0. The van der Waals surface area contributed by atoms with E-state index in [0.717, 1.165) is 5.75 Å². The summed E-state index contributed by atoms with van der Waals surface area (Å²) in [4.78, 5) is 23.3. The summed E-state index contributed by atoms with van der Waals surface area (Å²) in [5, 5.41) is 5.11. The Kier molecular flexibility index (Phi) is 6.70. The Balaban J connectivity index is 1.63. The average Bonchev–Trinajstić information content (AvgIpc) is 3.11. The Morgan fingerprint density at radius 3 is 2.33 bits per heavy atom. The van der Waals surface area contributed by atoms with E-state index in [2.05, 4.69) is 10.6 Å². The van der Waals surface area contributed by atoms with Gasteiger partial charge in [0.15, 0.2) is 6.61 Å². The zero-order chi connectivity index (χ0) is 17.2. The van der Waals surface area contributed by atoms with Crippen LogP contribution in [-0.2, 0) is 16.1 Å². The highest BCUT2D eigenvalue weighted by Gasteiger charge is 2.07. The first-order chi connectivity index (χ1) is 11.7. The number of amides is 2. The van der Waals surface area contributed by atoms with Crippen molar-refractivity contribution in [2.24, 2.45) is 0 Å². The zero-order valence-corrected chi connectivity index (χ0v) is 13.4. The molecule has 0 fully saturated rings. The monoisotopic (exact) mass is 332 g/mol. The molecule has 0 aliphatic rings. The van der Waals surface area contributed by atoms with Crippen molar-refractivity contribution < 1.29 is 23.5 Å². The third-order valence-electron chi connectivity index (χ3n) is 2.99. The van der Waals surface area contributed by atoms with E-state index < -0.39 is 0 Å². The summed E-state index contributed by atoms with van der Waals surface area (Å²) < 4.78 is 15.7. The minimum atomic E-state index is -0.378. The fourth-order valence-corrected chi connectivity index (χ4v) is 1.84. The van der Waals surface area contributed by atoms with Crippen LogP contribution in [0.15, 0.2) is 47.1 Å². The molecule has 2 rings (SSSR count). The van der Waals surface area contributed by atoms with E-state index in [1.54, 1.807) is 36.4 Å². The van der Waals surface area contributed by atoms with Gasteiger partial charge in [-0.1, -0.05) is 0 Å². The van der Waals surface area contributed by atoms with Crippen LogP contribution >= 0.6 is 0 Å². The highest BCUT2D eigenvalue weighted by molar-refractivity contribution is 5.85. The number of carbonyl (C=O) groups is 2. The molecule has 0 bridgehead atoms. The van der Waals surface area contributed by atoms with E-state index in [0.29, 0.717) is 18.1 Å². The summed E-state index contributed by atoms with van der Waals surface area (Å²) >= 11 is 0. The number of hydrogen-bond donors (Lipinski definition) is 2. The second kappa shape index (κ2) is 9.24. The van der Waals surface area contributed by atoms with Gasteiger partial charge in [0.2, 0.25) is 5.91 Å². The fourth-order valence-electron chi connectivity index (χ4n) is 1.84. The standard InChI is InChI=1S/C17H20N2O5/c1-2-22-13-5-7-14(8-6-13)24-12-17(21)19-11-16(20)18-10-15-4-3-9-23-15/h3-9H,2,10-12H2,1H3,(H,18,20)(H,19,21). The Morgan fingerprint density at radius 2 is 1.71 bits per heavy atom. The number of nitrogens with one attached hydrogen (secondary N) is 2. The number of furan rings is 1. The first-order valence-electron chi connectivity index (χ1n) is 7.59. The highest BCUT2D eigenvalue weighted by atomic mass is 16.5. The maximum absolute atomic E-state index is 11.7. The third-order valence-corrected chi connectivity index (χ3v) is 2.99. The van der Waals surface area contributed by atoms with Crippen molar-refractivity contribution in [2.45, 2.75) is 13.5 Å². The lowest BCUT2D eigenvalue weighted by atomic mass is 10.3. The molecule has 2 N–H and O–H groups in total. The summed E-state index contributed by atoms with van der Waals surface area (Å²) in [5.74, 6) is 1.25. The molecule has 0 saturated heterocycles. The topological polar surface area (TPSA) is 89.8 Å². The van der Waals surface area contributed by atoms with Gasteiger partial charge in [-0.05, 0) is 43.3 Å². The Morgan fingerprint density at radius 1 is 1.00 bits per heavy atom. The van der Waals surface area contributed by atoms with Gasteiger partial charge in [-0.2, -0.15) is 0 Å². The van der Waals surface area contributed by atoms with Gasteiger partial charge in [-0.15, -0.1) is 0 Å². The van der Waals surface area contributed by atoms with Gasteiger partial charge in [-0.3, -0.25) is 9.59 Å². The first-order valence-corrected chi connectivity index (χ1v) is 7.59. The minimum absolute atomic E-state index is 0.119. The van der Waals surface area contributed by atoms with Crippen LogP contribution in [0, 0.1) is 0 Å². The fraction of sp³-hybridized carbons (Fsp3) is 0.294. The second-order valence-corrected chi connectivity index (χ2v) is 4.83. The van der Waals surface area contributed by atoms with E-state index in [-0.39, 0.29) is 31.5 Å². The van der Waals surface area contributed by atoms with Gasteiger partial charge in [0.25, 0.3) is 5.91 Å². The number of benzene rings is 1. The van der Waals surface area contributed by atoms with Gasteiger partial charge < -0.3 is 24.5 Å². The smallest absolute Gasteiger partial charge is 0.258 e. The van der Waals surface area contributed by atoms with Gasteiger partial charge >= 0.3 is 0 Å². The summed E-state index contributed by atoms with van der Waals surface area (Å²) in [6, 6.07) is 10.4. The summed E-state index contributed by atoms with van der Waals surface area (Å²) in [5.41, 5.74) is 0. The lowest BCUT2D eigenvalue weighted by molar-refractivity contribution is -0.127. The SMILES string of the molecule is CCOc1ccc(OCC(=O)NCC(=O)NCc2ccco2)cc1. The van der Waals surface area contributed by atoms with Crippen molar-refractivity contribution >= 4 is 11.8 Å².